The van der Waals surface area contributed by atoms with Crippen LogP contribution in [0.15, 0.2) is 24.3 Å². The lowest BCUT2D eigenvalue weighted by Gasteiger charge is -2.25. The number of carboxylic acids is 1. The average molecular weight is 277 g/mol. The van der Waals surface area contributed by atoms with Gasteiger partial charge in [0.2, 0.25) is 0 Å². The van der Waals surface area contributed by atoms with Crippen molar-refractivity contribution in [2.24, 2.45) is 0 Å². The summed E-state index contributed by atoms with van der Waals surface area (Å²) in [7, 11) is 0.735. The highest BCUT2D eigenvalue weighted by molar-refractivity contribution is 5.87. The van der Waals surface area contributed by atoms with E-state index in [0.717, 1.165) is 13.1 Å². The van der Waals surface area contributed by atoms with E-state index < -0.39 is 24.1 Å². The molecule has 8 heteroatoms. The minimum absolute atomic E-state index is 0.0666. The molecule has 104 valence electrons. The summed E-state index contributed by atoms with van der Waals surface area (Å²) in [6, 6.07) is 2.86. The maximum absolute atomic E-state index is 12.3. The number of alkyl halides is 3. The normalized spacial score (nSPS) is 12.8. The Hall–Kier alpha value is -2.25. The number of aromatic hydroxyl groups is 1. The number of aliphatic carboxylic acids is 1. The highest BCUT2D eigenvalue weighted by Crippen LogP contribution is 2.27. The molecular weight excluding hydrogens is 267 g/mol. The molecule has 1 amide bonds. The molecule has 0 radical (unpaired) electrons. The molecular formula is C11H10F3NO4. The molecule has 1 unspecified atom stereocenters. The van der Waals surface area contributed by atoms with Gasteiger partial charge in [-0.05, 0) is 17.7 Å². The number of carbonyl (C=O) groups is 2. The first-order valence-corrected chi connectivity index (χ1v) is 5.00. The van der Waals surface area contributed by atoms with Crippen molar-refractivity contribution in [3.63, 3.8) is 0 Å². The molecule has 0 aliphatic rings. The van der Waals surface area contributed by atoms with Crippen molar-refractivity contribution in [2.75, 3.05) is 7.05 Å². The van der Waals surface area contributed by atoms with Gasteiger partial charge >= 0.3 is 18.1 Å². The number of hydrogen-bond donors (Lipinski definition) is 2. The molecule has 0 saturated carbocycles. The number of likely N-dealkylation sites (N-methyl/N-ethyl adjacent to an activating group) is 1. The molecule has 0 spiro atoms. The molecule has 2 N–H and O–H groups in total. The zero-order valence-electron chi connectivity index (χ0n) is 9.68. The Morgan fingerprint density at radius 3 is 2.32 bits per heavy atom. The third-order valence-corrected chi connectivity index (χ3v) is 2.37. The maximum atomic E-state index is 12.3. The Morgan fingerprint density at radius 2 is 1.89 bits per heavy atom. The molecule has 1 rings (SSSR count). The van der Waals surface area contributed by atoms with Gasteiger partial charge in [0, 0.05) is 7.05 Å². The lowest BCUT2D eigenvalue weighted by atomic mass is 10.1. The lowest BCUT2D eigenvalue weighted by molar-refractivity contribution is -0.188. The van der Waals surface area contributed by atoms with E-state index in [0.29, 0.717) is 0 Å². The fourth-order valence-electron chi connectivity index (χ4n) is 1.54. The van der Waals surface area contributed by atoms with Crippen molar-refractivity contribution in [3.05, 3.63) is 29.8 Å². The second kappa shape index (κ2) is 5.17. The number of hydrogen-bond acceptors (Lipinski definition) is 3. The second-order valence-electron chi connectivity index (χ2n) is 3.75. The van der Waals surface area contributed by atoms with E-state index in [1.807, 2.05) is 0 Å². The van der Waals surface area contributed by atoms with Crippen LogP contribution in [0.5, 0.6) is 5.75 Å². The number of halogens is 3. The summed E-state index contributed by atoms with van der Waals surface area (Å²) in [5, 5.41) is 18.2. The first-order valence-electron chi connectivity index (χ1n) is 5.00. The maximum Gasteiger partial charge on any atom is 0.471 e. The molecule has 0 aliphatic heterocycles. The van der Waals surface area contributed by atoms with E-state index in [-0.39, 0.29) is 16.2 Å². The zero-order valence-corrected chi connectivity index (χ0v) is 9.68. The standard InChI is InChI=1S/C11H10F3NO4/c1-15(10(19)11(12,13)14)8(9(17)18)6-3-2-4-7(16)5-6/h2-5,8,16H,1H3,(H,17,18). The van der Waals surface area contributed by atoms with Crippen LogP contribution in [0.25, 0.3) is 0 Å². The van der Waals surface area contributed by atoms with Gasteiger partial charge in [-0.3, -0.25) is 4.79 Å². The van der Waals surface area contributed by atoms with Crippen LogP contribution in [0.3, 0.4) is 0 Å². The van der Waals surface area contributed by atoms with Crippen LogP contribution >= 0.6 is 0 Å². The fourth-order valence-corrected chi connectivity index (χ4v) is 1.54. The van der Waals surface area contributed by atoms with Crippen molar-refractivity contribution < 1.29 is 33.0 Å². The van der Waals surface area contributed by atoms with Crippen molar-refractivity contribution in [2.45, 2.75) is 12.2 Å². The Labute approximate surface area is 105 Å². The predicted octanol–water partition coefficient (Wildman–Crippen LogP) is 1.54. The summed E-state index contributed by atoms with van der Waals surface area (Å²) in [4.78, 5) is 22.2. The van der Waals surface area contributed by atoms with Crippen LogP contribution in [-0.2, 0) is 9.59 Å². The van der Waals surface area contributed by atoms with Gasteiger partial charge in [0.05, 0.1) is 0 Å². The molecule has 0 aliphatic carbocycles. The third-order valence-electron chi connectivity index (χ3n) is 2.37. The quantitative estimate of drug-likeness (QED) is 0.878. The second-order valence-corrected chi connectivity index (χ2v) is 3.75. The van der Waals surface area contributed by atoms with Crippen molar-refractivity contribution in [3.8, 4) is 5.75 Å². The molecule has 1 atom stereocenters. The van der Waals surface area contributed by atoms with Gasteiger partial charge < -0.3 is 15.1 Å². The first kappa shape index (κ1) is 14.8. The van der Waals surface area contributed by atoms with Gasteiger partial charge in [-0.2, -0.15) is 13.2 Å². The summed E-state index contributed by atoms with van der Waals surface area (Å²) < 4.78 is 36.9. The molecule has 19 heavy (non-hydrogen) atoms. The van der Waals surface area contributed by atoms with Crippen LogP contribution in [0.4, 0.5) is 13.2 Å². The van der Waals surface area contributed by atoms with Crippen LogP contribution in [-0.4, -0.2) is 40.2 Å². The van der Waals surface area contributed by atoms with Crippen LogP contribution < -0.4 is 0 Å². The van der Waals surface area contributed by atoms with E-state index >= 15 is 0 Å². The van der Waals surface area contributed by atoms with Gasteiger partial charge in [-0.25, -0.2) is 4.79 Å². The number of carbonyl (C=O) groups excluding carboxylic acids is 1. The number of amides is 1. The van der Waals surface area contributed by atoms with Gasteiger partial charge in [0.15, 0.2) is 6.04 Å². The number of nitrogens with zero attached hydrogens (tertiary/aromatic N) is 1. The van der Waals surface area contributed by atoms with E-state index in [2.05, 4.69) is 0 Å². The Balaban J connectivity index is 3.16. The number of phenolic OH excluding ortho intramolecular Hbond substituents is 1. The van der Waals surface area contributed by atoms with Crippen LogP contribution in [0, 0.1) is 0 Å². The monoisotopic (exact) mass is 277 g/mol. The van der Waals surface area contributed by atoms with Crippen molar-refractivity contribution in [1.82, 2.24) is 4.90 Å². The molecule has 0 heterocycles. The highest BCUT2D eigenvalue weighted by Gasteiger charge is 2.45. The fraction of sp³-hybridized carbons (Fsp3) is 0.273. The highest BCUT2D eigenvalue weighted by atomic mass is 19.4. The first-order chi connectivity index (χ1) is 8.64. The number of phenols is 1. The SMILES string of the molecule is CN(C(=O)C(F)(F)F)C(C(=O)O)c1cccc(O)c1. The van der Waals surface area contributed by atoms with E-state index in [1.54, 1.807) is 0 Å². The number of rotatable bonds is 3. The molecule has 1 aromatic rings. The van der Waals surface area contributed by atoms with Crippen molar-refractivity contribution in [1.29, 1.82) is 0 Å². The largest absolute Gasteiger partial charge is 0.508 e. The van der Waals surface area contributed by atoms with Gasteiger partial charge in [0.25, 0.3) is 0 Å². The Kier molecular flexibility index (Phi) is 4.03. The zero-order chi connectivity index (χ0) is 14.8. The van der Waals surface area contributed by atoms with Crippen LogP contribution in [0.2, 0.25) is 0 Å². The molecule has 0 saturated heterocycles. The Morgan fingerprint density at radius 1 is 1.32 bits per heavy atom. The summed E-state index contributed by atoms with van der Waals surface area (Å²) in [6.45, 7) is 0. The van der Waals surface area contributed by atoms with E-state index in [9.17, 15) is 27.9 Å². The smallest absolute Gasteiger partial charge is 0.471 e. The lowest BCUT2D eigenvalue weighted by Crippen LogP contribution is -2.43. The summed E-state index contributed by atoms with van der Waals surface area (Å²) >= 11 is 0. The van der Waals surface area contributed by atoms with Crippen molar-refractivity contribution >= 4 is 11.9 Å². The molecule has 0 bridgehead atoms. The number of carboxylic acid groups (broad SMARTS) is 1. The molecule has 0 aromatic heterocycles. The summed E-state index contributed by atoms with van der Waals surface area (Å²) in [5.74, 6) is -4.22. The average Bonchev–Trinajstić information content (AvgIpc) is 2.26. The minimum Gasteiger partial charge on any atom is -0.508 e. The minimum atomic E-state index is -5.17. The van der Waals surface area contributed by atoms with Gasteiger partial charge in [-0.1, -0.05) is 12.1 Å². The Bertz CT molecular complexity index is 501. The summed E-state index contributed by atoms with van der Waals surface area (Å²) in [5.41, 5.74) is -0.132. The molecule has 5 nitrogen and oxygen atoms in total. The van der Waals surface area contributed by atoms with E-state index in [4.69, 9.17) is 5.11 Å². The van der Waals surface area contributed by atoms with Gasteiger partial charge in [0.1, 0.15) is 5.75 Å². The topological polar surface area (TPSA) is 77.8 Å². The van der Waals surface area contributed by atoms with Gasteiger partial charge in [-0.15, -0.1) is 0 Å². The summed E-state index contributed by atoms with van der Waals surface area (Å²) in [6.07, 6.45) is -5.17. The van der Waals surface area contributed by atoms with E-state index in [1.165, 1.54) is 18.2 Å². The predicted molar refractivity (Wildman–Crippen MR) is 57.3 cm³/mol. The number of benzene rings is 1. The third kappa shape index (κ3) is 3.36. The van der Waals surface area contributed by atoms with Crippen LogP contribution in [0.1, 0.15) is 11.6 Å². The molecule has 0 fully saturated rings. The molecule has 1 aromatic carbocycles.